The van der Waals surface area contributed by atoms with Gasteiger partial charge in [0.1, 0.15) is 11.6 Å². The molecule has 0 radical (unpaired) electrons. The first-order chi connectivity index (χ1) is 13.2. The molecule has 0 heterocycles. The normalized spacial score (nSPS) is 19.9. The van der Waals surface area contributed by atoms with Crippen LogP contribution in [-0.2, 0) is 19.1 Å². The first-order valence-corrected chi connectivity index (χ1v) is 9.45. The van der Waals surface area contributed by atoms with Crippen molar-refractivity contribution < 1.29 is 23.9 Å². The summed E-state index contributed by atoms with van der Waals surface area (Å²) >= 11 is 0. The number of Topliss-reactive ketones (excluding diaryl/α,β-unsaturated/α-hetero) is 1. The van der Waals surface area contributed by atoms with Crippen LogP contribution in [-0.4, -0.2) is 36.1 Å². The van der Waals surface area contributed by atoms with Crippen molar-refractivity contribution in [3.63, 3.8) is 0 Å². The van der Waals surface area contributed by atoms with E-state index in [1.807, 2.05) is 30.3 Å². The number of esters is 1. The van der Waals surface area contributed by atoms with Crippen LogP contribution in [0, 0.1) is 17.3 Å². The maximum Gasteiger partial charge on any atom is 0.408 e. The highest BCUT2D eigenvalue weighted by Gasteiger charge is 2.56. The van der Waals surface area contributed by atoms with E-state index in [9.17, 15) is 14.4 Å². The number of amides is 1. The SMILES string of the molecule is CCOC(=O)[C@]1([C@H](C#Cc2ccccc2)NC(=O)OC(C)(C)C)CCCC1=O. The number of alkyl carbamates (subject to hydrolysis) is 1. The highest BCUT2D eigenvalue weighted by Crippen LogP contribution is 2.39. The Morgan fingerprint density at radius 1 is 1.25 bits per heavy atom. The summed E-state index contributed by atoms with van der Waals surface area (Å²) in [6, 6.07) is 8.11. The van der Waals surface area contributed by atoms with Crippen LogP contribution in [0.3, 0.4) is 0 Å². The van der Waals surface area contributed by atoms with Gasteiger partial charge in [-0.1, -0.05) is 30.0 Å². The van der Waals surface area contributed by atoms with Crippen LogP contribution in [0.1, 0.15) is 52.5 Å². The Balaban J connectivity index is 2.43. The smallest absolute Gasteiger partial charge is 0.408 e. The Morgan fingerprint density at radius 3 is 2.46 bits per heavy atom. The molecule has 0 spiro atoms. The van der Waals surface area contributed by atoms with E-state index in [0.717, 1.165) is 0 Å². The Hall–Kier alpha value is -2.81. The minimum absolute atomic E-state index is 0.138. The minimum Gasteiger partial charge on any atom is -0.465 e. The zero-order chi connectivity index (χ0) is 20.8. The molecule has 0 saturated heterocycles. The standard InChI is InChI=1S/C22H27NO5/c1-5-27-19(25)22(15-9-12-18(22)24)17(23-20(26)28-21(2,3)4)14-13-16-10-7-6-8-11-16/h6-8,10-11,17H,5,9,12,15H2,1-4H3,(H,23,26)/t17-,22-/m0/s1. The van der Waals surface area contributed by atoms with Gasteiger partial charge in [0, 0.05) is 12.0 Å². The third-order valence-electron chi connectivity index (χ3n) is 4.40. The van der Waals surface area contributed by atoms with Gasteiger partial charge in [0.2, 0.25) is 0 Å². The fourth-order valence-corrected chi connectivity index (χ4v) is 3.17. The Morgan fingerprint density at radius 2 is 1.93 bits per heavy atom. The second-order valence-electron chi connectivity index (χ2n) is 7.68. The van der Waals surface area contributed by atoms with E-state index >= 15 is 0 Å². The van der Waals surface area contributed by atoms with E-state index < -0.39 is 29.1 Å². The number of carbonyl (C=O) groups excluding carboxylic acids is 3. The van der Waals surface area contributed by atoms with Crippen LogP contribution in [0.15, 0.2) is 30.3 Å². The van der Waals surface area contributed by atoms with Crippen LogP contribution < -0.4 is 5.32 Å². The van der Waals surface area contributed by atoms with Crippen LogP contribution in [0.5, 0.6) is 0 Å². The molecule has 1 aliphatic carbocycles. The number of carbonyl (C=O) groups is 3. The van der Waals surface area contributed by atoms with Crippen molar-refractivity contribution in [3.8, 4) is 11.8 Å². The lowest BCUT2D eigenvalue weighted by Crippen LogP contribution is -2.55. The van der Waals surface area contributed by atoms with E-state index in [4.69, 9.17) is 9.47 Å². The Kier molecular flexibility index (Phi) is 6.85. The van der Waals surface area contributed by atoms with E-state index in [1.54, 1.807) is 27.7 Å². The molecule has 1 aliphatic rings. The molecule has 28 heavy (non-hydrogen) atoms. The van der Waals surface area contributed by atoms with Gasteiger partial charge in [0.15, 0.2) is 11.2 Å². The van der Waals surface area contributed by atoms with Crippen LogP contribution in [0.2, 0.25) is 0 Å². The number of hydrogen-bond donors (Lipinski definition) is 1. The van der Waals surface area contributed by atoms with E-state index in [-0.39, 0.29) is 25.2 Å². The van der Waals surface area contributed by atoms with Crippen molar-refractivity contribution in [2.24, 2.45) is 5.41 Å². The number of ether oxygens (including phenoxy) is 2. The zero-order valence-electron chi connectivity index (χ0n) is 16.8. The van der Waals surface area contributed by atoms with Crippen molar-refractivity contribution in [1.82, 2.24) is 5.32 Å². The third-order valence-corrected chi connectivity index (χ3v) is 4.40. The first kappa shape index (κ1) is 21.5. The number of ketones is 1. The van der Waals surface area contributed by atoms with Gasteiger partial charge in [0.05, 0.1) is 6.61 Å². The fourth-order valence-electron chi connectivity index (χ4n) is 3.17. The first-order valence-electron chi connectivity index (χ1n) is 9.45. The highest BCUT2D eigenvalue weighted by atomic mass is 16.6. The van der Waals surface area contributed by atoms with Crippen molar-refractivity contribution in [2.45, 2.75) is 58.6 Å². The topological polar surface area (TPSA) is 81.7 Å². The average molecular weight is 385 g/mol. The predicted molar refractivity (Wildman–Crippen MR) is 104 cm³/mol. The molecule has 6 nitrogen and oxygen atoms in total. The molecule has 1 saturated carbocycles. The molecule has 1 N–H and O–H groups in total. The summed E-state index contributed by atoms with van der Waals surface area (Å²) < 4.78 is 10.5. The molecular formula is C22H27NO5. The second kappa shape index (κ2) is 8.92. The van der Waals surface area contributed by atoms with Gasteiger partial charge in [-0.2, -0.15) is 0 Å². The lowest BCUT2D eigenvalue weighted by Gasteiger charge is -2.31. The van der Waals surface area contributed by atoms with Crippen molar-refractivity contribution >= 4 is 17.8 Å². The molecule has 6 heteroatoms. The molecule has 1 amide bonds. The molecule has 2 atom stereocenters. The van der Waals surface area contributed by atoms with Crippen LogP contribution in [0.25, 0.3) is 0 Å². The molecule has 1 aromatic carbocycles. The molecule has 150 valence electrons. The molecule has 0 bridgehead atoms. The molecule has 1 fully saturated rings. The van der Waals surface area contributed by atoms with Gasteiger partial charge < -0.3 is 14.8 Å². The molecule has 0 unspecified atom stereocenters. The van der Waals surface area contributed by atoms with Gasteiger partial charge in [-0.05, 0) is 52.7 Å². The Labute approximate surface area is 166 Å². The predicted octanol–water partition coefficient (Wildman–Crippen LogP) is 3.23. The lowest BCUT2D eigenvalue weighted by molar-refractivity contribution is -0.159. The maximum absolute atomic E-state index is 12.8. The summed E-state index contributed by atoms with van der Waals surface area (Å²) in [4.78, 5) is 38.0. The summed E-state index contributed by atoms with van der Waals surface area (Å²) in [5.74, 6) is 4.95. The van der Waals surface area contributed by atoms with Gasteiger partial charge in [0.25, 0.3) is 0 Å². The van der Waals surface area contributed by atoms with Crippen molar-refractivity contribution in [2.75, 3.05) is 6.61 Å². The molecule has 0 aliphatic heterocycles. The number of benzene rings is 1. The average Bonchev–Trinajstić information content (AvgIpc) is 3.00. The minimum atomic E-state index is -1.52. The van der Waals surface area contributed by atoms with Gasteiger partial charge in [-0.3, -0.25) is 9.59 Å². The largest absolute Gasteiger partial charge is 0.465 e. The van der Waals surface area contributed by atoms with Gasteiger partial charge in [-0.15, -0.1) is 0 Å². The summed E-state index contributed by atoms with van der Waals surface area (Å²) in [5, 5.41) is 2.64. The molecule has 0 aromatic heterocycles. The second-order valence-corrected chi connectivity index (χ2v) is 7.68. The summed E-state index contributed by atoms with van der Waals surface area (Å²) in [6.45, 7) is 7.02. The summed E-state index contributed by atoms with van der Waals surface area (Å²) in [5.41, 5.74) is -1.53. The zero-order valence-corrected chi connectivity index (χ0v) is 16.8. The summed E-state index contributed by atoms with van der Waals surface area (Å²) in [6.07, 6.45) is 0.327. The van der Waals surface area contributed by atoms with Gasteiger partial charge >= 0.3 is 12.1 Å². The number of hydrogen-bond acceptors (Lipinski definition) is 5. The lowest BCUT2D eigenvalue weighted by atomic mass is 9.77. The number of nitrogens with one attached hydrogen (secondary N) is 1. The summed E-state index contributed by atoms with van der Waals surface area (Å²) in [7, 11) is 0. The molecule has 1 aromatic rings. The maximum atomic E-state index is 12.8. The van der Waals surface area contributed by atoms with Gasteiger partial charge in [-0.25, -0.2) is 4.79 Å². The highest BCUT2D eigenvalue weighted by molar-refractivity contribution is 6.07. The fraction of sp³-hybridized carbons (Fsp3) is 0.500. The Bertz CT molecular complexity index is 785. The monoisotopic (exact) mass is 385 g/mol. The van der Waals surface area contributed by atoms with Crippen molar-refractivity contribution in [1.29, 1.82) is 0 Å². The van der Waals surface area contributed by atoms with Crippen LogP contribution in [0.4, 0.5) is 4.79 Å². The number of rotatable bonds is 4. The van der Waals surface area contributed by atoms with Crippen LogP contribution >= 0.6 is 0 Å². The molecule has 2 rings (SSSR count). The van der Waals surface area contributed by atoms with E-state index in [0.29, 0.717) is 12.0 Å². The third kappa shape index (κ3) is 5.13. The van der Waals surface area contributed by atoms with E-state index in [1.165, 1.54) is 0 Å². The van der Waals surface area contributed by atoms with Crippen molar-refractivity contribution in [3.05, 3.63) is 35.9 Å². The quantitative estimate of drug-likeness (QED) is 0.489. The molecular weight excluding hydrogens is 358 g/mol. The van der Waals surface area contributed by atoms with E-state index in [2.05, 4.69) is 17.2 Å².